The molecule has 2 unspecified atom stereocenters. The number of likely N-dealkylation sites (N-methyl/N-ethyl adjacent to an activating group) is 1. The van der Waals surface area contributed by atoms with E-state index in [1.807, 2.05) is 19.1 Å². The molecule has 5 nitrogen and oxygen atoms in total. The molecule has 1 aliphatic rings. The first-order chi connectivity index (χ1) is 9.11. The highest BCUT2D eigenvalue weighted by atomic mass is 79.9. The summed E-state index contributed by atoms with van der Waals surface area (Å²) in [5, 5.41) is 9.20. The molecular weight excluding hydrogens is 312 g/mol. The molecule has 0 spiro atoms. The summed E-state index contributed by atoms with van der Waals surface area (Å²) in [5.41, 5.74) is 0.932. The van der Waals surface area contributed by atoms with Gasteiger partial charge in [0.2, 0.25) is 0 Å². The Hall–Kier alpha value is -0.980. The minimum atomic E-state index is -0.787. The Morgan fingerprint density at radius 3 is 2.95 bits per heavy atom. The third kappa shape index (κ3) is 3.52. The first kappa shape index (κ1) is 14.4. The molecular formula is C13H17BrN2O3. The third-order valence-corrected chi connectivity index (χ3v) is 3.87. The van der Waals surface area contributed by atoms with Crippen LogP contribution in [0.3, 0.4) is 0 Å². The minimum Gasteiger partial charge on any atom is -0.481 e. The standard InChI is InChI=1S/C13H17BrN2O3/c1-2-16(6-10-4-3-9(14)5-15-10)12-8-19-7-11(12)13(17)18/h3-5,11-12H,2,6-8H2,1H3,(H,17,18). The second-order valence-corrected chi connectivity index (χ2v) is 5.50. The SMILES string of the molecule is CCN(Cc1ccc(Br)cn1)C1COCC1C(=O)O. The van der Waals surface area contributed by atoms with Gasteiger partial charge in [-0.15, -0.1) is 0 Å². The van der Waals surface area contributed by atoms with Gasteiger partial charge in [0.15, 0.2) is 0 Å². The van der Waals surface area contributed by atoms with E-state index in [9.17, 15) is 9.90 Å². The van der Waals surface area contributed by atoms with Crippen molar-refractivity contribution in [1.82, 2.24) is 9.88 Å². The Morgan fingerprint density at radius 1 is 1.58 bits per heavy atom. The van der Waals surface area contributed by atoms with Crippen LogP contribution in [0.15, 0.2) is 22.8 Å². The molecule has 1 fully saturated rings. The molecule has 1 aromatic rings. The van der Waals surface area contributed by atoms with Gasteiger partial charge in [-0.25, -0.2) is 0 Å². The highest BCUT2D eigenvalue weighted by Gasteiger charge is 2.37. The maximum absolute atomic E-state index is 11.2. The maximum atomic E-state index is 11.2. The summed E-state index contributed by atoms with van der Waals surface area (Å²) in [5.74, 6) is -1.24. The molecule has 0 saturated carbocycles. The van der Waals surface area contributed by atoms with E-state index in [2.05, 4.69) is 25.8 Å². The van der Waals surface area contributed by atoms with Gasteiger partial charge < -0.3 is 9.84 Å². The van der Waals surface area contributed by atoms with Crippen molar-refractivity contribution >= 4 is 21.9 Å². The van der Waals surface area contributed by atoms with Crippen LogP contribution in [0.1, 0.15) is 12.6 Å². The lowest BCUT2D eigenvalue weighted by atomic mass is 10.0. The summed E-state index contributed by atoms with van der Waals surface area (Å²) in [6, 6.07) is 3.81. The van der Waals surface area contributed by atoms with Crippen molar-refractivity contribution < 1.29 is 14.6 Å². The normalized spacial score (nSPS) is 22.9. The molecule has 1 aliphatic heterocycles. The van der Waals surface area contributed by atoms with Gasteiger partial charge in [0.1, 0.15) is 0 Å². The van der Waals surface area contributed by atoms with Gasteiger partial charge >= 0.3 is 5.97 Å². The number of pyridine rings is 1. The van der Waals surface area contributed by atoms with Gasteiger partial charge in [-0.05, 0) is 34.6 Å². The molecule has 1 aromatic heterocycles. The highest BCUT2D eigenvalue weighted by Crippen LogP contribution is 2.21. The molecule has 2 atom stereocenters. The third-order valence-electron chi connectivity index (χ3n) is 3.40. The second kappa shape index (κ2) is 6.45. The van der Waals surface area contributed by atoms with Crippen LogP contribution in [0.25, 0.3) is 0 Å². The average molecular weight is 329 g/mol. The molecule has 104 valence electrons. The van der Waals surface area contributed by atoms with Crippen LogP contribution < -0.4 is 0 Å². The summed E-state index contributed by atoms with van der Waals surface area (Å²) in [7, 11) is 0. The predicted octanol–water partition coefficient (Wildman–Crippen LogP) is 1.77. The first-order valence-electron chi connectivity index (χ1n) is 6.27. The number of carboxylic acids is 1. The van der Waals surface area contributed by atoms with Crippen LogP contribution in [0, 0.1) is 5.92 Å². The monoisotopic (exact) mass is 328 g/mol. The van der Waals surface area contributed by atoms with Crippen molar-refractivity contribution in [3.05, 3.63) is 28.5 Å². The second-order valence-electron chi connectivity index (χ2n) is 4.58. The molecule has 0 aliphatic carbocycles. The highest BCUT2D eigenvalue weighted by molar-refractivity contribution is 9.10. The molecule has 6 heteroatoms. The average Bonchev–Trinajstić information content (AvgIpc) is 2.87. The number of carboxylic acid groups (broad SMARTS) is 1. The fraction of sp³-hybridized carbons (Fsp3) is 0.538. The van der Waals surface area contributed by atoms with Gasteiger partial charge in [-0.3, -0.25) is 14.7 Å². The topological polar surface area (TPSA) is 62.7 Å². The molecule has 0 bridgehead atoms. The van der Waals surface area contributed by atoms with Crippen LogP contribution in [-0.2, 0) is 16.1 Å². The number of ether oxygens (including phenoxy) is 1. The van der Waals surface area contributed by atoms with Crippen LogP contribution in [0.2, 0.25) is 0 Å². The number of aromatic nitrogens is 1. The molecule has 0 aromatic carbocycles. The van der Waals surface area contributed by atoms with Gasteiger partial charge in [-0.2, -0.15) is 0 Å². The minimum absolute atomic E-state index is 0.0760. The van der Waals surface area contributed by atoms with Crippen molar-refractivity contribution in [2.45, 2.75) is 19.5 Å². The van der Waals surface area contributed by atoms with E-state index in [1.54, 1.807) is 6.20 Å². The number of aliphatic carboxylic acids is 1. The maximum Gasteiger partial charge on any atom is 0.310 e. The zero-order valence-corrected chi connectivity index (χ0v) is 12.3. The number of hydrogen-bond acceptors (Lipinski definition) is 4. The molecule has 0 amide bonds. The van der Waals surface area contributed by atoms with Gasteiger partial charge in [0.05, 0.1) is 24.8 Å². The number of carbonyl (C=O) groups is 1. The Labute approximate surface area is 120 Å². The lowest BCUT2D eigenvalue weighted by Crippen LogP contribution is -2.42. The van der Waals surface area contributed by atoms with Crippen LogP contribution >= 0.6 is 15.9 Å². The van der Waals surface area contributed by atoms with Gasteiger partial charge in [0.25, 0.3) is 0 Å². The van der Waals surface area contributed by atoms with Crippen LogP contribution in [-0.4, -0.2) is 46.8 Å². The van der Waals surface area contributed by atoms with E-state index in [0.717, 1.165) is 16.7 Å². The summed E-state index contributed by atoms with van der Waals surface area (Å²) < 4.78 is 6.26. The Kier molecular flexibility index (Phi) is 4.90. The largest absolute Gasteiger partial charge is 0.481 e. The van der Waals surface area contributed by atoms with Crippen molar-refractivity contribution in [2.75, 3.05) is 19.8 Å². The first-order valence-corrected chi connectivity index (χ1v) is 7.06. The predicted molar refractivity (Wildman–Crippen MR) is 73.8 cm³/mol. The summed E-state index contributed by atoms with van der Waals surface area (Å²) in [6.07, 6.45) is 1.75. The van der Waals surface area contributed by atoms with Crippen LogP contribution in [0.4, 0.5) is 0 Å². The van der Waals surface area contributed by atoms with E-state index in [4.69, 9.17) is 4.74 Å². The zero-order valence-electron chi connectivity index (χ0n) is 10.8. The van der Waals surface area contributed by atoms with Crippen molar-refractivity contribution in [2.24, 2.45) is 5.92 Å². The van der Waals surface area contributed by atoms with E-state index in [-0.39, 0.29) is 6.04 Å². The lowest BCUT2D eigenvalue weighted by Gasteiger charge is -2.28. The summed E-state index contributed by atoms with van der Waals surface area (Å²) in [4.78, 5) is 17.6. The summed E-state index contributed by atoms with van der Waals surface area (Å²) >= 11 is 3.35. The van der Waals surface area contributed by atoms with Crippen molar-refractivity contribution in [3.63, 3.8) is 0 Å². The van der Waals surface area contributed by atoms with Crippen molar-refractivity contribution in [3.8, 4) is 0 Å². The number of halogens is 1. The lowest BCUT2D eigenvalue weighted by molar-refractivity contribution is -0.143. The fourth-order valence-corrected chi connectivity index (χ4v) is 2.54. The van der Waals surface area contributed by atoms with Crippen molar-refractivity contribution in [1.29, 1.82) is 0 Å². The number of hydrogen-bond donors (Lipinski definition) is 1. The fourth-order valence-electron chi connectivity index (χ4n) is 2.31. The van der Waals surface area contributed by atoms with Gasteiger partial charge in [0, 0.05) is 23.3 Å². The van der Waals surface area contributed by atoms with Crippen LogP contribution in [0.5, 0.6) is 0 Å². The molecule has 1 saturated heterocycles. The van der Waals surface area contributed by atoms with E-state index in [0.29, 0.717) is 19.8 Å². The van der Waals surface area contributed by atoms with E-state index < -0.39 is 11.9 Å². The smallest absolute Gasteiger partial charge is 0.310 e. The quantitative estimate of drug-likeness (QED) is 0.892. The van der Waals surface area contributed by atoms with Gasteiger partial charge in [-0.1, -0.05) is 6.92 Å². The zero-order chi connectivity index (χ0) is 13.8. The Balaban J connectivity index is 2.07. The van der Waals surface area contributed by atoms with E-state index >= 15 is 0 Å². The number of rotatable bonds is 5. The molecule has 19 heavy (non-hydrogen) atoms. The molecule has 1 N–H and O–H groups in total. The Morgan fingerprint density at radius 2 is 2.37 bits per heavy atom. The molecule has 0 radical (unpaired) electrons. The number of nitrogens with zero attached hydrogens (tertiary/aromatic N) is 2. The molecule has 2 heterocycles. The molecule has 2 rings (SSSR count). The van der Waals surface area contributed by atoms with E-state index in [1.165, 1.54) is 0 Å². The Bertz CT molecular complexity index is 438. The summed E-state index contributed by atoms with van der Waals surface area (Å²) in [6.45, 7) is 4.21.